The van der Waals surface area contributed by atoms with E-state index in [4.69, 9.17) is 5.26 Å². The first-order chi connectivity index (χ1) is 7.30. The molecule has 1 aromatic rings. The summed E-state index contributed by atoms with van der Waals surface area (Å²) >= 11 is 0. The van der Waals surface area contributed by atoms with E-state index in [1.807, 2.05) is 18.2 Å². The highest BCUT2D eigenvalue weighted by atomic mass is 15.2. The number of hydrogen-bond acceptors (Lipinski definition) is 2. The van der Waals surface area contributed by atoms with Crippen molar-refractivity contribution in [3.05, 3.63) is 35.4 Å². The summed E-state index contributed by atoms with van der Waals surface area (Å²) in [7, 11) is 0. The molecular formula is C13H14N2. The molecule has 1 aliphatic carbocycles. The Bertz CT molecular complexity index is 418. The van der Waals surface area contributed by atoms with Crippen LogP contribution in [0.4, 0.5) is 0 Å². The third kappa shape index (κ3) is 1.64. The lowest BCUT2D eigenvalue weighted by Crippen LogP contribution is -2.47. The lowest BCUT2D eigenvalue weighted by molar-refractivity contribution is 0.0739. The molecule has 0 amide bonds. The fourth-order valence-electron chi connectivity index (χ4n) is 2.50. The predicted octanol–water partition coefficient (Wildman–Crippen LogP) is 2.15. The summed E-state index contributed by atoms with van der Waals surface area (Å²) in [5.74, 6) is 0. The van der Waals surface area contributed by atoms with Crippen molar-refractivity contribution in [3.8, 4) is 6.07 Å². The maximum absolute atomic E-state index is 8.80. The summed E-state index contributed by atoms with van der Waals surface area (Å²) in [4.78, 5) is 2.48. The summed E-state index contributed by atoms with van der Waals surface area (Å²) < 4.78 is 0. The normalized spacial score (nSPS) is 22.1. The van der Waals surface area contributed by atoms with Gasteiger partial charge in [-0.05, 0) is 36.0 Å². The number of nitriles is 1. The molecule has 2 aliphatic rings. The Hall–Kier alpha value is -1.33. The molecule has 0 bridgehead atoms. The smallest absolute Gasteiger partial charge is 0.0991 e. The Morgan fingerprint density at radius 3 is 2.80 bits per heavy atom. The average Bonchev–Trinajstić information content (AvgIpc) is 2.98. The van der Waals surface area contributed by atoms with Crippen LogP contribution in [0.2, 0.25) is 0 Å². The van der Waals surface area contributed by atoms with Crippen molar-refractivity contribution in [1.82, 2.24) is 4.90 Å². The van der Waals surface area contributed by atoms with Gasteiger partial charge in [0.05, 0.1) is 11.6 Å². The average molecular weight is 198 g/mol. The van der Waals surface area contributed by atoms with Gasteiger partial charge in [-0.3, -0.25) is 4.90 Å². The molecule has 2 heteroatoms. The number of nitrogens with zero attached hydrogens (tertiary/aromatic N) is 2. The zero-order valence-corrected chi connectivity index (χ0v) is 8.74. The third-order valence-corrected chi connectivity index (χ3v) is 3.54. The Morgan fingerprint density at radius 2 is 2.13 bits per heavy atom. The summed E-state index contributed by atoms with van der Waals surface area (Å²) in [5.41, 5.74) is 2.77. The lowest BCUT2D eigenvalue weighted by atomic mass is 9.96. The van der Waals surface area contributed by atoms with Crippen molar-refractivity contribution in [2.24, 2.45) is 5.41 Å². The zero-order chi connectivity index (χ0) is 10.3. The van der Waals surface area contributed by atoms with Crippen molar-refractivity contribution >= 4 is 0 Å². The van der Waals surface area contributed by atoms with Crippen molar-refractivity contribution in [2.75, 3.05) is 13.1 Å². The monoisotopic (exact) mass is 198 g/mol. The first kappa shape index (κ1) is 8.94. The van der Waals surface area contributed by atoms with Gasteiger partial charge in [-0.1, -0.05) is 12.1 Å². The quantitative estimate of drug-likeness (QED) is 0.728. The highest BCUT2D eigenvalue weighted by Gasteiger charge is 2.51. The van der Waals surface area contributed by atoms with E-state index in [0.29, 0.717) is 0 Å². The molecule has 1 spiro atoms. The molecule has 0 unspecified atom stereocenters. The maximum Gasteiger partial charge on any atom is 0.0991 e. The molecule has 0 radical (unpaired) electrons. The first-order valence-corrected chi connectivity index (χ1v) is 5.51. The second kappa shape index (κ2) is 3.08. The molecule has 1 saturated carbocycles. The van der Waals surface area contributed by atoms with Gasteiger partial charge in [-0.25, -0.2) is 0 Å². The van der Waals surface area contributed by atoms with E-state index in [1.165, 1.54) is 31.5 Å². The highest BCUT2D eigenvalue weighted by Crippen LogP contribution is 2.53. The molecule has 1 saturated heterocycles. The molecular weight excluding hydrogens is 184 g/mol. The van der Waals surface area contributed by atoms with Crippen molar-refractivity contribution in [2.45, 2.75) is 19.4 Å². The summed E-state index contributed by atoms with van der Waals surface area (Å²) in [5, 5.41) is 8.80. The van der Waals surface area contributed by atoms with E-state index >= 15 is 0 Å². The molecule has 15 heavy (non-hydrogen) atoms. The number of hydrogen-bond donors (Lipinski definition) is 0. The van der Waals surface area contributed by atoms with Crippen LogP contribution >= 0.6 is 0 Å². The van der Waals surface area contributed by atoms with E-state index in [0.717, 1.165) is 17.5 Å². The molecule has 1 aromatic carbocycles. The maximum atomic E-state index is 8.80. The van der Waals surface area contributed by atoms with Crippen LogP contribution in [0.1, 0.15) is 24.0 Å². The van der Waals surface area contributed by atoms with Gasteiger partial charge < -0.3 is 0 Å². The molecule has 2 nitrogen and oxygen atoms in total. The van der Waals surface area contributed by atoms with Crippen LogP contribution in [0.15, 0.2) is 24.3 Å². The molecule has 0 N–H and O–H groups in total. The molecule has 1 aliphatic heterocycles. The van der Waals surface area contributed by atoms with Gasteiger partial charge in [0, 0.05) is 19.6 Å². The minimum absolute atomic E-state index is 0.729. The fraction of sp³-hybridized carbons (Fsp3) is 0.462. The van der Waals surface area contributed by atoms with Crippen molar-refractivity contribution in [3.63, 3.8) is 0 Å². The van der Waals surface area contributed by atoms with Crippen LogP contribution < -0.4 is 0 Å². The van der Waals surface area contributed by atoms with E-state index in [1.54, 1.807) is 0 Å². The van der Waals surface area contributed by atoms with E-state index < -0.39 is 0 Å². The van der Waals surface area contributed by atoms with Crippen LogP contribution in [-0.4, -0.2) is 18.0 Å². The van der Waals surface area contributed by atoms with Crippen LogP contribution in [0.25, 0.3) is 0 Å². The molecule has 2 fully saturated rings. The van der Waals surface area contributed by atoms with E-state index in [2.05, 4.69) is 17.0 Å². The van der Waals surface area contributed by atoms with Gasteiger partial charge in [0.2, 0.25) is 0 Å². The molecule has 1 heterocycles. The first-order valence-electron chi connectivity index (χ1n) is 5.51. The van der Waals surface area contributed by atoms with Gasteiger partial charge >= 0.3 is 0 Å². The molecule has 0 atom stereocenters. The number of benzene rings is 1. The van der Waals surface area contributed by atoms with Gasteiger partial charge in [0.25, 0.3) is 0 Å². The minimum Gasteiger partial charge on any atom is -0.298 e. The second-order valence-corrected chi connectivity index (χ2v) is 4.96. The van der Waals surface area contributed by atoms with Gasteiger partial charge in [-0.15, -0.1) is 0 Å². The number of rotatable bonds is 2. The third-order valence-electron chi connectivity index (χ3n) is 3.54. The Balaban J connectivity index is 1.64. The summed E-state index contributed by atoms with van der Waals surface area (Å²) in [6, 6.07) is 10.1. The van der Waals surface area contributed by atoms with Crippen molar-refractivity contribution < 1.29 is 0 Å². The fourth-order valence-corrected chi connectivity index (χ4v) is 2.50. The zero-order valence-electron chi connectivity index (χ0n) is 8.74. The van der Waals surface area contributed by atoms with Crippen LogP contribution in [0.5, 0.6) is 0 Å². The standard InChI is InChI=1S/C13H14N2/c14-7-11-2-1-3-12(6-11)8-15-9-13(10-15)4-5-13/h1-3,6H,4-5,8-10H2. The molecule has 0 aromatic heterocycles. The predicted molar refractivity (Wildman–Crippen MR) is 58.1 cm³/mol. The Kier molecular flexibility index (Phi) is 1.83. The topological polar surface area (TPSA) is 27.0 Å². The second-order valence-electron chi connectivity index (χ2n) is 4.96. The highest BCUT2D eigenvalue weighted by molar-refractivity contribution is 5.32. The Morgan fingerprint density at radius 1 is 1.33 bits per heavy atom. The molecule has 3 rings (SSSR count). The lowest BCUT2D eigenvalue weighted by Gasteiger charge is -2.40. The van der Waals surface area contributed by atoms with Crippen LogP contribution in [0.3, 0.4) is 0 Å². The van der Waals surface area contributed by atoms with E-state index in [9.17, 15) is 0 Å². The minimum atomic E-state index is 0.729. The van der Waals surface area contributed by atoms with E-state index in [-0.39, 0.29) is 0 Å². The molecule has 76 valence electrons. The summed E-state index contributed by atoms with van der Waals surface area (Å²) in [6.45, 7) is 3.55. The SMILES string of the molecule is N#Cc1cccc(CN2CC3(CC3)C2)c1. The van der Waals surface area contributed by atoms with Crippen LogP contribution in [0, 0.1) is 16.7 Å². The van der Waals surface area contributed by atoms with Crippen LogP contribution in [-0.2, 0) is 6.54 Å². The van der Waals surface area contributed by atoms with Gasteiger partial charge in [-0.2, -0.15) is 5.26 Å². The largest absolute Gasteiger partial charge is 0.298 e. The summed E-state index contributed by atoms with van der Waals surface area (Å²) in [6.07, 6.45) is 2.86. The Labute approximate surface area is 90.1 Å². The van der Waals surface area contributed by atoms with Gasteiger partial charge in [0.15, 0.2) is 0 Å². The van der Waals surface area contributed by atoms with Gasteiger partial charge in [0.1, 0.15) is 0 Å². The van der Waals surface area contributed by atoms with Crippen molar-refractivity contribution in [1.29, 1.82) is 5.26 Å². The number of likely N-dealkylation sites (tertiary alicyclic amines) is 1.